The molecule has 0 fully saturated rings. The van der Waals surface area contributed by atoms with Crippen LogP contribution in [-0.4, -0.2) is 35.3 Å². The van der Waals surface area contributed by atoms with Crippen molar-refractivity contribution in [1.29, 1.82) is 0 Å². The molecule has 1 aromatic carbocycles. The van der Waals surface area contributed by atoms with Gasteiger partial charge in [0.1, 0.15) is 0 Å². The SMILES string of the molecule is CN(C)CCn1ncc(Br)c1-c1ccc(N)cc1. The van der Waals surface area contributed by atoms with E-state index in [1.165, 1.54) is 0 Å². The number of nitrogen functional groups attached to an aromatic ring is 1. The zero-order chi connectivity index (χ0) is 13.1. The highest BCUT2D eigenvalue weighted by molar-refractivity contribution is 9.10. The molecule has 1 aromatic heterocycles. The van der Waals surface area contributed by atoms with Gasteiger partial charge in [-0.15, -0.1) is 0 Å². The van der Waals surface area contributed by atoms with Crippen molar-refractivity contribution >= 4 is 21.6 Å². The van der Waals surface area contributed by atoms with Gasteiger partial charge in [-0.1, -0.05) is 12.1 Å². The molecule has 0 saturated carbocycles. The van der Waals surface area contributed by atoms with Crippen LogP contribution in [-0.2, 0) is 6.54 Å². The van der Waals surface area contributed by atoms with Crippen molar-refractivity contribution < 1.29 is 0 Å². The summed E-state index contributed by atoms with van der Waals surface area (Å²) in [6.45, 7) is 1.81. The standard InChI is InChI=1S/C13H17BrN4/c1-17(2)7-8-18-13(12(14)9-16-18)10-3-5-11(15)6-4-10/h3-6,9H,7-8,15H2,1-2H3. The third kappa shape index (κ3) is 2.91. The molecule has 0 spiro atoms. The van der Waals surface area contributed by atoms with E-state index < -0.39 is 0 Å². The Morgan fingerprint density at radius 3 is 2.56 bits per heavy atom. The monoisotopic (exact) mass is 308 g/mol. The van der Waals surface area contributed by atoms with Crippen LogP contribution in [0.15, 0.2) is 34.9 Å². The van der Waals surface area contributed by atoms with E-state index in [1.807, 2.05) is 35.1 Å². The Kier molecular flexibility index (Phi) is 4.04. The Labute approximate surface area is 116 Å². The molecule has 0 amide bonds. The van der Waals surface area contributed by atoms with Gasteiger partial charge in [0.2, 0.25) is 0 Å². The summed E-state index contributed by atoms with van der Waals surface area (Å²) in [5, 5.41) is 4.40. The van der Waals surface area contributed by atoms with E-state index in [0.717, 1.165) is 34.5 Å². The van der Waals surface area contributed by atoms with Crippen molar-refractivity contribution in [2.75, 3.05) is 26.4 Å². The number of anilines is 1. The highest BCUT2D eigenvalue weighted by Gasteiger charge is 2.11. The molecule has 5 heteroatoms. The van der Waals surface area contributed by atoms with Gasteiger partial charge in [-0.2, -0.15) is 5.10 Å². The van der Waals surface area contributed by atoms with Gasteiger partial charge in [-0.05, 0) is 42.2 Å². The van der Waals surface area contributed by atoms with E-state index in [-0.39, 0.29) is 0 Å². The summed E-state index contributed by atoms with van der Waals surface area (Å²) in [6.07, 6.45) is 1.83. The molecule has 96 valence electrons. The Morgan fingerprint density at radius 1 is 1.28 bits per heavy atom. The molecule has 0 radical (unpaired) electrons. The van der Waals surface area contributed by atoms with Crippen molar-refractivity contribution in [1.82, 2.24) is 14.7 Å². The minimum atomic E-state index is 0.772. The maximum Gasteiger partial charge on any atom is 0.0825 e. The number of aromatic nitrogens is 2. The van der Waals surface area contributed by atoms with Crippen molar-refractivity contribution in [3.63, 3.8) is 0 Å². The van der Waals surface area contributed by atoms with Crippen LogP contribution in [0.3, 0.4) is 0 Å². The summed E-state index contributed by atoms with van der Waals surface area (Å²) in [5.74, 6) is 0. The molecule has 0 unspecified atom stereocenters. The smallest absolute Gasteiger partial charge is 0.0825 e. The van der Waals surface area contributed by atoms with Gasteiger partial charge in [0.25, 0.3) is 0 Å². The fourth-order valence-corrected chi connectivity index (χ4v) is 2.28. The quantitative estimate of drug-likeness (QED) is 0.883. The molecular formula is C13H17BrN4. The topological polar surface area (TPSA) is 47.1 Å². The van der Waals surface area contributed by atoms with Gasteiger partial charge in [0, 0.05) is 17.8 Å². The molecule has 2 aromatic rings. The van der Waals surface area contributed by atoms with E-state index >= 15 is 0 Å². The first-order chi connectivity index (χ1) is 8.58. The minimum absolute atomic E-state index is 0.772. The van der Waals surface area contributed by atoms with Crippen LogP contribution in [0.5, 0.6) is 0 Å². The molecule has 2 rings (SSSR count). The van der Waals surface area contributed by atoms with Crippen LogP contribution in [0.4, 0.5) is 5.69 Å². The fourth-order valence-electron chi connectivity index (χ4n) is 1.75. The van der Waals surface area contributed by atoms with E-state index in [0.29, 0.717) is 0 Å². The highest BCUT2D eigenvalue weighted by atomic mass is 79.9. The largest absolute Gasteiger partial charge is 0.399 e. The summed E-state index contributed by atoms with van der Waals surface area (Å²) in [4.78, 5) is 2.14. The Balaban J connectivity index is 2.31. The molecule has 0 aliphatic heterocycles. The molecule has 1 heterocycles. The summed E-state index contributed by atoms with van der Waals surface area (Å²) in [6, 6.07) is 7.85. The summed E-state index contributed by atoms with van der Waals surface area (Å²) in [7, 11) is 4.11. The fraction of sp³-hybridized carbons (Fsp3) is 0.308. The molecule has 18 heavy (non-hydrogen) atoms. The number of hydrogen-bond donors (Lipinski definition) is 1. The lowest BCUT2D eigenvalue weighted by Gasteiger charge is -2.12. The van der Waals surface area contributed by atoms with Crippen molar-refractivity contribution in [3.8, 4) is 11.3 Å². The third-order valence-electron chi connectivity index (χ3n) is 2.74. The number of rotatable bonds is 4. The van der Waals surface area contributed by atoms with Crippen LogP contribution in [0.25, 0.3) is 11.3 Å². The maximum atomic E-state index is 5.71. The predicted molar refractivity (Wildman–Crippen MR) is 78.3 cm³/mol. The molecule has 2 N–H and O–H groups in total. The second-order valence-corrected chi connectivity index (χ2v) is 5.34. The number of benzene rings is 1. The Morgan fingerprint density at radius 2 is 1.94 bits per heavy atom. The zero-order valence-electron chi connectivity index (χ0n) is 10.6. The highest BCUT2D eigenvalue weighted by Crippen LogP contribution is 2.28. The van der Waals surface area contributed by atoms with Gasteiger partial charge in [-0.25, -0.2) is 0 Å². The first kappa shape index (κ1) is 13.1. The van der Waals surface area contributed by atoms with Crippen LogP contribution >= 0.6 is 15.9 Å². The van der Waals surface area contributed by atoms with Gasteiger partial charge in [0.05, 0.1) is 22.9 Å². The number of nitrogens with zero attached hydrogens (tertiary/aromatic N) is 3. The van der Waals surface area contributed by atoms with Crippen molar-refractivity contribution in [2.24, 2.45) is 0 Å². The van der Waals surface area contributed by atoms with E-state index in [4.69, 9.17) is 5.73 Å². The first-order valence-electron chi connectivity index (χ1n) is 5.80. The predicted octanol–water partition coefficient (Wildman–Crippen LogP) is 2.46. The van der Waals surface area contributed by atoms with Crippen LogP contribution in [0, 0.1) is 0 Å². The number of hydrogen-bond acceptors (Lipinski definition) is 3. The van der Waals surface area contributed by atoms with Gasteiger partial charge < -0.3 is 10.6 Å². The second kappa shape index (κ2) is 5.54. The number of likely N-dealkylation sites (N-methyl/N-ethyl adjacent to an activating group) is 1. The number of nitrogens with two attached hydrogens (primary N) is 1. The Hall–Kier alpha value is -1.33. The van der Waals surface area contributed by atoms with Crippen molar-refractivity contribution in [3.05, 3.63) is 34.9 Å². The van der Waals surface area contributed by atoms with Crippen LogP contribution in [0.1, 0.15) is 0 Å². The second-order valence-electron chi connectivity index (χ2n) is 4.49. The normalized spacial score (nSPS) is 11.1. The lowest BCUT2D eigenvalue weighted by atomic mass is 10.1. The summed E-state index contributed by atoms with van der Waals surface area (Å²) in [5.41, 5.74) is 8.70. The third-order valence-corrected chi connectivity index (χ3v) is 3.32. The summed E-state index contributed by atoms with van der Waals surface area (Å²) >= 11 is 3.55. The van der Waals surface area contributed by atoms with Crippen molar-refractivity contribution in [2.45, 2.75) is 6.54 Å². The summed E-state index contributed by atoms with van der Waals surface area (Å²) < 4.78 is 3.02. The van der Waals surface area contributed by atoms with E-state index in [2.05, 4.69) is 40.0 Å². The molecule has 0 aliphatic carbocycles. The molecule has 0 atom stereocenters. The molecule has 0 bridgehead atoms. The molecule has 4 nitrogen and oxygen atoms in total. The minimum Gasteiger partial charge on any atom is -0.399 e. The Bertz CT molecular complexity index is 516. The zero-order valence-corrected chi connectivity index (χ0v) is 12.2. The van der Waals surface area contributed by atoms with E-state index in [9.17, 15) is 0 Å². The molecular weight excluding hydrogens is 292 g/mol. The lowest BCUT2D eigenvalue weighted by molar-refractivity contribution is 0.374. The van der Waals surface area contributed by atoms with Crippen LogP contribution in [0.2, 0.25) is 0 Å². The average Bonchev–Trinajstić information content (AvgIpc) is 2.69. The molecule has 0 aliphatic rings. The average molecular weight is 309 g/mol. The number of halogens is 1. The maximum absolute atomic E-state index is 5.71. The van der Waals surface area contributed by atoms with Crippen LogP contribution < -0.4 is 5.73 Å². The molecule has 0 saturated heterocycles. The van der Waals surface area contributed by atoms with E-state index in [1.54, 1.807) is 0 Å². The van der Waals surface area contributed by atoms with Gasteiger partial charge >= 0.3 is 0 Å². The van der Waals surface area contributed by atoms with Gasteiger partial charge in [0.15, 0.2) is 0 Å². The first-order valence-corrected chi connectivity index (χ1v) is 6.59. The van der Waals surface area contributed by atoms with Gasteiger partial charge in [-0.3, -0.25) is 4.68 Å². The lowest BCUT2D eigenvalue weighted by Crippen LogP contribution is -2.19.